The van der Waals surface area contributed by atoms with Crippen LogP contribution < -0.4 is 21.7 Å². The lowest BCUT2D eigenvalue weighted by molar-refractivity contribution is -0.123. The first-order valence-corrected chi connectivity index (χ1v) is 8.79. The van der Waals surface area contributed by atoms with Crippen molar-refractivity contribution in [1.29, 1.82) is 0 Å². The second-order valence-electron chi connectivity index (χ2n) is 6.30. The highest BCUT2D eigenvalue weighted by atomic mass is 16.2. The highest BCUT2D eigenvalue weighted by molar-refractivity contribution is 5.80. The molecular weight excluding hydrogens is 308 g/mol. The molecule has 140 valence electrons. The van der Waals surface area contributed by atoms with Crippen LogP contribution >= 0.6 is 0 Å². The minimum atomic E-state index is -0.190. The molecule has 0 aromatic carbocycles. The Hall–Kier alpha value is -1.47. The number of hydrogen-bond donors (Lipinski definition) is 4. The Kier molecular flexibility index (Phi) is 13.1. The number of amides is 2. The molecule has 24 heavy (non-hydrogen) atoms. The van der Waals surface area contributed by atoms with Gasteiger partial charge in [0.25, 0.3) is 0 Å². The van der Waals surface area contributed by atoms with Gasteiger partial charge in [-0.3, -0.25) is 14.4 Å². The van der Waals surface area contributed by atoms with E-state index in [0.717, 1.165) is 38.6 Å². The number of Topliss-reactive ketones (excluding diaryl/α,β-unsaturated/α-hetero) is 1. The lowest BCUT2D eigenvalue weighted by Crippen LogP contribution is -2.42. The summed E-state index contributed by atoms with van der Waals surface area (Å²) in [4.78, 5) is 34.9. The number of carbonyl (C=O) groups excluding carboxylic acids is 3. The van der Waals surface area contributed by atoms with Crippen LogP contribution in [0.15, 0.2) is 0 Å². The summed E-state index contributed by atoms with van der Waals surface area (Å²) in [6.07, 6.45) is 4.67. The summed E-state index contributed by atoms with van der Waals surface area (Å²) in [6, 6.07) is -0.338. The van der Waals surface area contributed by atoms with Gasteiger partial charge in [0.05, 0.1) is 0 Å². The normalized spacial score (nSPS) is 13.2. The number of hydrogen-bond acceptors (Lipinski definition) is 5. The molecule has 0 spiro atoms. The summed E-state index contributed by atoms with van der Waals surface area (Å²) in [5.41, 5.74) is 5.48. The maximum Gasteiger partial charge on any atom is 0.222 e. The van der Waals surface area contributed by atoms with E-state index in [1.54, 1.807) is 0 Å². The van der Waals surface area contributed by atoms with Crippen LogP contribution in [0.2, 0.25) is 0 Å². The SMILES string of the molecule is CNCCCC(CC(C)=O)NC(=O)CC(CCCCN)NC(C)=O. The van der Waals surface area contributed by atoms with Crippen LogP contribution in [0.5, 0.6) is 0 Å². The fourth-order valence-corrected chi connectivity index (χ4v) is 2.66. The lowest BCUT2D eigenvalue weighted by atomic mass is 10.0. The van der Waals surface area contributed by atoms with E-state index in [-0.39, 0.29) is 36.1 Å². The summed E-state index contributed by atoms with van der Waals surface area (Å²) in [7, 11) is 1.87. The Morgan fingerprint density at radius 3 is 2.08 bits per heavy atom. The Bertz CT molecular complexity index is 354. The minimum absolute atomic E-state index is 0.0612. The van der Waals surface area contributed by atoms with Crippen molar-refractivity contribution in [2.24, 2.45) is 5.73 Å². The van der Waals surface area contributed by atoms with E-state index in [9.17, 15) is 14.4 Å². The van der Waals surface area contributed by atoms with Crippen LogP contribution in [0.3, 0.4) is 0 Å². The van der Waals surface area contributed by atoms with Gasteiger partial charge in [0.15, 0.2) is 0 Å². The molecule has 7 heteroatoms. The van der Waals surface area contributed by atoms with Crippen LogP contribution in [0, 0.1) is 0 Å². The van der Waals surface area contributed by atoms with Gasteiger partial charge in [-0.15, -0.1) is 0 Å². The Balaban J connectivity index is 4.49. The fourth-order valence-electron chi connectivity index (χ4n) is 2.66. The van der Waals surface area contributed by atoms with Gasteiger partial charge in [-0.05, 0) is 52.7 Å². The highest BCUT2D eigenvalue weighted by Gasteiger charge is 2.18. The monoisotopic (exact) mass is 342 g/mol. The van der Waals surface area contributed by atoms with Crippen molar-refractivity contribution in [1.82, 2.24) is 16.0 Å². The van der Waals surface area contributed by atoms with Crippen molar-refractivity contribution >= 4 is 17.6 Å². The zero-order valence-corrected chi connectivity index (χ0v) is 15.3. The first kappa shape index (κ1) is 22.5. The average Bonchev–Trinajstić information content (AvgIpc) is 2.46. The third kappa shape index (κ3) is 13.0. The topological polar surface area (TPSA) is 113 Å². The Labute approximate surface area is 145 Å². The van der Waals surface area contributed by atoms with Crippen molar-refractivity contribution < 1.29 is 14.4 Å². The van der Waals surface area contributed by atoms with E-state index in [1.165, 1.54) is 13.8 Å². The van der Waals surface area contributed by atoms with Gasteiger partial charge in [-0.1, -0.05) is 6.42 Å². The van der Waals surface area contributed by atoms with Crippen LogP contribution in [-0.2, 0) is 14.4 Å². The zero-order chi connectivity index (χ0) is 18.4. The fraction of sp³-hybridized carbons (Fsp3) is 0.824. The number of ketones is 1. The van der Waals surface area contributed by atoms with Gasteiger partial charge in [-0.25, -0.2) is 0 Å². The third-order valence-electron chi connectivity index (χ3n) is 3.72. The third-order valence-corrected chi connectivity index (χ3v) is 3.72. The molecule has 0 rings (SSSR count). The zero-order valence-electron chi connectivity index (χ0n) is 15.3. The van der Waals surface area contributed by atoms with E-state index in [1.807, 2.05) is 7.05 Å². The van der Waals surface area contributed by atoms with E-state index in [4.69, 9.17) is 5.73 Å². The summed E-state index contributed by atoms with van der Waals surface area (Å²) in [5, 5.41) is 8.81. The average molecular weight is 342 g/mol. The molecular formula is C17H34N4O3. The number of unbranched alkanes of at least 4 members (excludes halogenated alkanes) is 1. The van der Waals surface area contributed by atoms with Crippen LogP contribution in [0.1, 0.15) is 58.8 Å². The molecule has 0 fully saturated rings. The van der Waals surface area contributed by atoms with Gasteiger partial charge in [0.2, 0.25) is 11.8 Å². The van der Waals surface area contributed by atoms with Crippen molar-refractivity contribution in [2.45, 2.75) is 70.9 Å². The molecule has 0 saturated heterocycles. The van der Waals surface area contributed by atoms with Gasteiger partial charge in [-0.2, -0.15) is 0 Å². The number of nitrogens with two attached hydrogens (primary N) is 1. The quantitative estimate of drug-likeness (QED) is 0.343. The molecule has 0 aliphatic carbocycles. The molecule has 0 aromatic heterocycles. The molecule has 0 heterocycles. The van der Waals surface area contributed by atoms with Crippen molar-refractivity contribution in [3.63, 3.8) is 0 Å². The number of rotatable bonds is 14. The molecule has 0 bridgehead atoms. The van der Waals surface area contributed by atoms with E-state index < -0.39 is 0 Å². The van der Waals surface area contributed by atoms with Gasteiger partial charge >= 0.3 is 0 Å². The lowest BCUT2D eigenvalue weighted by Gasteiger charge is -2.21. The molecule has 2 atom stereocenters. The Morgan fingerprint density at radius 2 is 1.54 bits per heavy atom. The number of nitrogens with one attached hydrogen (secondary N) is 3. The Morgan fingerprint density at radius 1 is 0.917 bits per heavy atom. The molecule has 0 radical (unpaired) electrons. The first-order chi connectivity index (χ1) is 11.4. The standard InChI is InChI=1S/C17H34N4O3/c1-13(22)11-15(8-6-10-19-3)21-17(24)12-16(20-14(2)23)7-4-5-9-18/h15-16,19H,4-12,18H2,1-3H3,(H,20,23)(H,21,24). The largest absolute Gasteiger partial charge is 0.353 e. The number of carbonyl (C=O) groups is 3. The summed E-state index contributed by atoms with van der Waals surface area (Å²) in [5.74, 6) is -0.210. The summed E-state index contributed by atoms with van der Waals surface area (Å²) >= 11 is 0. The smallest absolute Gasteiger partial charge is 0.222 e. The van der Waals surface area contributed by atoms with Crippen molar-refractivity contribution in [2.75, 3.05) is 20.1 Å². The minimum Gasteiger partial charge on any atom is -0.353 e. The maximum absolute atomic E-state index is 12.3. The predicted octanol–water partition coefficient (Wildman–Crippen LogP) is 0.474. The van der Waals surface area contributed by atoms with Crippen LogP contribution in [0.25, 0.3) is 0 Å². The van der Waals surface area contributed by atoms with Crippen LogP contribution in [0.4, 0.5) is 0 Å². The van der Waals surface area contributed by atoms with E-state index in [2.05, 4.69) is 16.0 Å². The molecule has 0 aliphatic heterocycles. The molecule has 7 nitrogen and oxygen atoms in total. The molecule has 0 aliphatic rings. The molecule has 2 amide bonds. The summed E-state index contributed by atoms with van der Waals surface area (Å²) in [6.45, 7) is 4.43. The molecule has 0 aromatic rings. The van der Waals surface area contributed by atoms with Crippen LogP contribution in [-0.4, -0.2) is 49.8 Å². The van der Waals surface area contributed by atoms with Gasteiger partial charge in [0, 0.05) is 31.8 Å². The molecule has 2 unspecified atom stereocenters. The van der Waals surface area contributed by atoms with E-state index >= 15 is 0 Å². The second kappa shape index (κ2) is 13.9. The van der Waals surface area contributed by atoms with Crippen molar-refractivity contribution in [3.05, 3.63) is 0 Å². The second-order valence-corrected chi connectivity index (χ2v) is 6.30. The van der Waals surface area contributed by atoms with Crippen molar-refractivity contribution in [3.8, 4) is 0 Å². The van der Waals surface area contributed by atoms with Gasteiger partial charge < -0.3 is 21.7 Å². The predicted molar refractivity (Wildman–Crippen MR) is 95.5 cm³/mol. The first-order valence-electron chi connectivity index (χ1n) is 8.79. The molecule has 0 saturated carbocycles. The molecule has 5 N–H and O–H groups in total. The van der Waals surface area contributed by atoms with Gasteiger partial charge in [0.1, 0.15) is 5.78 Å². The summed E-state index contributed by atoms with van der Waals surface area (Å²) < 4.78 is 0. The maximum atomic E-state index is 12.3. The van der Waals surface area contributed by atoms with E-state index in [0.29, 0.717) is 13.0 Å². The highest BCUT2D eigenvalue weighted by Crippen LogP contribution is 2.07.